The minimum absolute atomic E-state index is 0.109. The summed E-state index contributed by atoms with van der Waals surface area (Å²) in [6.07, 6.45) is -3.24. The Balaban J connectivity index is 2.25. The molecule has 0 unspecified atom stereocenters. The maximum Gasteiger partial charge on any atom is 0.416 e. The van der Waals surface area contributed by atoms with Crippen LogP contribution in [-0.4, -0.2) is 13.4 Å². The van der Waals surface area contributed by atoms with E-state index in [1.165, 1.54) is 25.3 Å². The predicted octanol–water partition coefficient (Wildman–Crippen LogP) is 3.54. The number of nitrogens with zero attached hydrogens (tertiary/aromatic N) is 1. The summed E-state index contributed by atoms with van der Waals surface area (Å²) in [5.41, 5.74) is -0.277. The monoisotopic (exact) mass is 364 g/mol. The van der Waals surface area contributed by atoms with Crippen molar-refractivity contribution >= 4 is 21.6 Å². The van der Waals surface area contributed by atoms with Gasteiger partial charge in [0.1, 0.15) is 5.15 Å². The fourth-order valence-electron chi connectivity index (χ4n) is 1.84. The second kappa shape index (κ2) is 6.46. The minimum Gasteiger partial charge on any atom is -0.244 e. The van der Waals surface area contributed by atoms with Gasteiger partial charge >= 0.3 is 6.18 Å². The quantitative estimate of drug-likeness (QED) is 0.844. The lowest BCUT2D eigenvalue weighted by molar-refractivity contribution is -0.137. The molecule has 4 nitrogen and oxygen atoms in total. The normalized spacial score (nSPS) is 12.4. The van der Waals surface area contributed by atoms with Gasteiger partial charge in [-0.1, -0.05) is 17.7 Å². The number of hydrogen-bond acceptors (Lipinski definition) is 3. The van der Waals surface area contributed by atoms with E-state index in [4.69, 9.17) is 11.6 Å². The molecule has 0 bridgehead atoms. The first-order valence-electron chi connectivity index (χ1n) is 6.37. The lowest BCUT2D eigenvalue weighted by Gasteiger charge is -2.12. The van der Waals surface area contributed by atoms with Gasteiger partial charge < -0.3 is 0 Å². The van der Waals surface area contributed by atoms with Gasteiger partial charge in [0.25, 0.3) is 0 Å². The Morgan fingerprint density at radius 1 is 1.22 bits per heavy atom. The maximum atomic E-state index is 12.8. The summed E-state index contributed by atoms with van der Waals surface area (Å²) in [5.74, 6) is 0. The van der Waals surface area contributed by atoms with Gasteiger partial charge in [-0.25, -0.2) is 18.1 Å². The highest BCUT2D eigenvalue weighted by molar-refractivity contribution is 7.89. The highest BCUT2D eigenvalue weighted by atomic mass is 35.5. The van der Waals surface area contributed by atoms with Gasteiger partial charge in [0.2, 0.25) is 10.0 Å². The third-order valence-corrected chi connectivity index (χ3v) is 4.55. The molecule has 2 rings (SSSR count). The van der Waals surface area contributed by atoms with E-state index in [-0.39, 0.29) is 17.3 Å². The van der Waals surface area contributed by atoms with E-state index in [0.29, 0.717) is 11.6 Å². The topological polar surface area (TPSA) is 59.1 Å². The van der Waals surface area contributed by atoms with E-state index in [2.05, 4.69) is 9.71 Å². The largest absolute Gasteiger partial charge is 0.416 e. The van der Waals surface area contributed by atoms with E-state index < -0.39 is 26.7 Å². The lowest BCUT2D eigenvalue weighted by atomic mass is 10.1. The Kier molecular flexibility index (Phi) is 4.98. The summed E-state index contributed by atoms with van der Waals surface area (Å²) < 4.78 is 65.0. The maximum absolute atomic E-state index is 12.8. The molecule has 124 valence electrons. The van der Waals surface area contributed by atoms with Crippen molar-refractivity contribution in [2.24, 2.45) is 0 Å². The fourth-order valence-corrected chi connectivity index (χ4v) is 3.10. The summed E-state index contributed by atoms with van der Waals surface area (Å²) in [4.78, 5) is 3.36. The van der Waals surface area contributed by atoms with Gasteiger partial charge in [0.05, 0.1) is 10.5 Å². The number of rotatable bonds is 4. The molecular formula is C14H12ClF3N2O2S. The SMILES string of the molecule is Cc1cc(C(F)(F)F)cc(S(=O)(=O)NCc2ccc(Cl)nc2)c1. The molecule has 1 aromatic heterocycles. The number of alkyl halides is 3. The van der Waals surface area contributed by atoms with Crippen molar-refractivity contribution in [2.45, 2.75) is 24.5 Å². The van der Waals surface area contributed by atoms with Crippen LogP contribution in [0.4, 0.5) is 13.2 Å². The number of pyridine rings is 1. The summed E-state index contributed by atoms with van der Waals surface area (Å²) in [7, 11) is -4.08. The second-order valence-corrected chi connectivity index (χ2v) is 7.00. The Morgan fingerprint density at radius 2 is 1.91 bits per heavy atom. The van der Waals surface area contributed by atoms with E-state index in [1.807, 2.05) is 0 Å². The predicted molar refractivity (Wildman–Crippen MR) is 79.5 cm³/mol. The Bertz CT molecular complexity index is 806. The van der Waals surface area contributed by atoms with E-state index >= 15 is 0 Å². The van der Waals surface area contributed by atoms with Crippen LogP contribution in [0.3, 0.4) is 0 Å². The molecule has 23 heavy (non-hydrogen) atoms. The van der Waals surface area contributed by atoms with Crippen LogP contribution >= 0.6 is 11.6 Å². The molecule has 0 fully saturated rings. The third kappa shape index (κ3) is 4.66. The number of aromatic nitrogens is 1. The van der Waals surface area contributed by atoms with Crippen molar-refractivity contribution in [3.63, 3.8) is 0 Å². The van der Waals surface area contributed by atoms with Gasteiger partial charge in [-0.15, -0.1) is 0 Å². The Labute approximate surface area is 136 Å². The first-order valence-corrected chi connectivity index (χ1v) is 8.23. The molecule has 2 aromatic rings. The molecule has 0 saturated heterocycles. The number of halogens is 4. The van der Waals surface area contributed by atoms with Crippen molar-refractivity contribution < 1.29 is 21.6 Å². The molecule has 0 aliphatic carbocycles. The lowest BCUT2D eigenvalue weighted by Crippen LogP contribution is -2.24. The third-order valence-electron chi connectivity index (χ3n) is 2.94. The molecule has 1 aromatic carbocycles. The first-order chi connectivity index (χ1) is 10.6. The average molecular weight is 365 g/mol. The van der Waals surface area contributed by atoms with Crippen molar-refractivity contribution in [3.05, 3.63) is 58.4 Å². The fraction of sp³-hybridized carbons (Fsp3) is 0.214. The van der Waals surface area contributed by atoms with Crippen molar-refractivity contribution in [1.82, 2.24) is 9.71 Å². The zero-order valence-corrected chi connectivity index (χ0v) is 13.4. The molecule has 0 radical (unpaired) electrons. The molecule has 0 amide bonds. The molecule has 0 spiro atoms. The molecule has 0 saturated carbocycles. The summed E-state index contributed by atoms with van der Waals surface area (Å²) in [5, 5.41) is 0.255. The highest BCUT2D eigenvalue weighted by Gasteiger charge is 2.32. The van der Waals surface area contributed by atoms with Crippen molar-refractivity contribution in [2.75, 3.05) is 0 Å². The van der Waals surface area contributed by atoms with E-state index in [9.17, 15) is 21.6 Å². The summed E-state index contributed by atoms with van der Waals surface area (Å²) >= 11 is 5.62. The smallest absolute Gasteiger partial charge is 0.244 e. The summed E-state index contributed by atoms with van der Waals surface area (Å²) in [6.45, 7) is 1.29. The average Bonchev–Trinajstić information content (AvgIpc) is 2.45. The number of aryl methyl sites for hydroxylation is 1. The van der Waals surface area contributed by atoms with Crippen LogP contribution in [0.25, 0.3) is 0 Å². The highest BCUT2D eigenvalue weighted by Crippen LogP contribution is 2.31. The molecule has 0 aliphatic rings. The zero-order chi connectivity index (χ0) is 17.3. The van der Waals surface area contributed by atoms with Gasteiger partial charge in [-0.3, -0.25) is 0 Å². The van der Waals surface area contributed by atoms with Gasteiger partial charge in [-0.2, -0.15) is 13.2 Å². The Morgan fingerprint density at radius 3 is 2.48 bits per heavy atom. The number of nitrogens with one attached hydrogen (secondary N) is 1. The van der Waals surface area contributed by atoms with E-state index in [1.54, 1.807) is 6.07 Å². The number of sulfonamides is 1. The van der Waals surface area contributed by atoms with Gasteiger partial charge in [0.15, 0.2) is 0 Å². The van der Waals surface area contributed by atoms with Crippen LogP contribution in [0.1, 0.15) is 16.7 Å². The first kappa shape index (κ1) is 17.7. The van der Waals surface area contributed by atoms with E-state index in [0.717, 1.165) is 6.07 Å². The zero-order valence-electron chi connectivity index (χ0n) is 11.9. The molecular weight excluding hydrogens is 353 g/mol. The van der Waals surface area contributed by atoms with Gasteiger partial charge in [-0.05, 0) is 42.3 Å². The standard InChI is InChI=1S/C14H12ClF3N2O2S/c1-9-4-11(14(16,17)18)6-12(5-9)23(21,22)20-8-10-2-3-13(15)19-7-10/h2-7,20H,8H2,1H3. The molecule has 9 heteroatoms. The van der Waals surface area contributed by atoms with Crippen LogP contribution < -0.4 is 4.72 Å². The summed E-state index contributed by atoms with van der Waals surface area (Å²) in [6, 6.07) is 5.73. The van der Waals surface area contributed by atoms with Crippen molar-refractivity contribution in [3.8, 4) is 0 Å². The van der Waals surface area contributed by atoms with Crippen LogP contribution in [0, 0.1) is 6.92 Å². The minimum atomic E-state index is -4.61. The molecule has 1 N–H and O–H groups in total. The van der Waals surface area contributed by atoms with Crippen LogP contribution in [0.5, 0.6) is 0 Å². The van der Waals surface area contributed by atoms with Crippen LogP contribution in [0.2, 0.25) is 5.15 Å². The van der Waals surface area contributed by atoms with Crippen LogP contribution in [0.15, 0.2) is 41.4 Å². The van der Waals surface area contributed by atoms with Crippen molar-refractivity contribution in [1.29, 1.82) is 0 Å². The second-order valence-electron chi connectivity index (χ2n) is 4.85. The molecule has 1 heterocycles. The molecule has 0 aliphatic heterocycles. The number of benzene rings is 1. The van der Waals surface area contributed by atoms with Gasteiger partial charge in [0, 0.05) is 12.7 Å². The Hall–Kier alpha value is -1.64. The molecule has 0 atom stereocenters. The van der Waals surface area contributed by atoms with Crippen LogP contribution in [-0.2, 0) is 22.7 Å². The number of hydrogen-bond donors (Lipinski definition) is 1.